The maximum absolute atomic E-state index is 12.4. The van der Waals surface area contributed by atoms with Crippen LogP contribution in [-0.2, 0) is 19.6 Å². The number of carbonyl (C=O) groups excluding carboxylic acids is 2. The number of para-hydroxylation sites is 1. The SMILES string of the molecule is C[C@@H](OC(=O)c1ccccc1NS(C)(=O)=O)C(=O)N[C@H](C)c1ccccc1. The van der Waals surface area contributed by atoms with Crippen molar-refractivity contribution in [3.05, 3.63) is 65.7 Å². The summed E-state index contributed by atoms with van der Waals surface area (Å²) in [5, 5.41) is 2.78. The van der Waals surface area contributed by atoms with Gasteiger partial charge in [-0.3, -0.25) is 9.52 Å². The number of nitrogens with one attached hydrogen (secondary N) is 2. The predicted octanol–water partition coefficient (Wildman–Crippen LogP) is 2.48. The van der Waals surface area contributed by atoms with Gasteiger partial charge in [0.15, 0.2) is 6.10 Å². The lowest BCUT2D eigenvalue weighted by Gasteiger charge is -2.19. The third-order valence-electron chi connectivity index (χ3n) is 3.75. The zero-order valence-corrected chi connectivity index (χ0v) is 16.1. The van der Waals surface area contributed by atoms with E-state index >= 15 is 0 Å². The summed E-state index contributed by atoms with van der Waals surface area (Å²) in [7, 11) is -3.56. The van der Waals surface area contributed by atoms with E-state index in [1.165, 1.54) is 19.1 Å². The first-order chi connectivity index (χ1) is 12.7. The number of esters is 1. The first-order valence-corrected chi connectivity index (χ1v) is 10.2. The van der Waals surface area contributed by atoms with Crippen molar-refractivity contribution >= 4 is 27.6 Å². The highest BCUT2D eigenvalue weighted by Crippen LogP contribution is 2.18. The molecule has 1 amide bonds. The molecule has 7 nitrogen and oxygen atoms in total. The Morgan fingerprint density at radius 3 is 2.19 bits per heavy atom. The van der Waals surface area contributed by atoms with Crippen molar-refractivity contribution in [1.29, 1.82) is 0 Å². The van der Waals surface area contributed by atoms with Crippen molar-refractivity contribution in [3.8, 4) is 0 Å². The highest BCUT2D eigenvalue weighted by Gasteiger charge is 2.22. The van der Waals surface area contributed by atoms with Crippen LogP contribution in [0.25, 0.3) is 0 Å². The van der Waals surface area contributed by atoms with Crippen LogP contribution in [0.4, 0.5) is 5.69 Å². The second-order valence-electron chi connectivity index (χ2n) is 6.11. The average molecular weight is 390 g/mol. The summed E-state index contributed by atoms with van der Waals surface area (Å²) in [4.78, 5) is 24.7. The molecule has 2 aromatic rings. The molecule has 0 aromatic heterocycles. The Morgan fingerprint density at radius 1 is 0.963 bits per heavy atom. The molecule has 0 unspecified atom stereocenters. The number of hydrogen-bond acceptors (Lipinski definition) is 5. The zero-order valence-electron chi connectivity index (χ0n) is 15.3. The van der Waals surface area contributed by atoms with Gasteiger partial charge in [-0.15, -0.1) is 0 Å². The molecule has 0 radical (unpaired) electrons. The molecule has 144 valence electrons. The summed E-state index contributed by atoms with van der Waals surface area (Å²) in [6.07, 6.45) is -0.0640. The van der Waals surface area contributed by atoms with Crippen LogP contribution in [0.1, 0.15) is 35.8 Å². The second kappa shape index (κ2) is 8.68. The molecule has 0 aliphatic rings. The number of benzene rings is 2. The van der Waals surface area contributed by atoms with Crippen LogP contribution < -0.4 is 10.0 Å². The number of amides is 1. The number of rotatable bonds is 7. The number of hydrogen-bond donors (Lipinski definition) is 2. The van der Waals surface area contributed by atoms with E-state index in [1.54, 1.807) is 12.1 Å². The minimum absolute atomic E-state index is 0.0266. The lowest BCUT2D eigenvalue weighted by molar-refractivity contribution is -0.129. The van der Waals surface area contributed by atoms with Gasteiger partial charge in [-0.2, -0.15) is 0 Å². The molecule has 8 heteroatoms. The fourth-order valence-electron chi connectivity index (χ4n) is 2.38. The fourth-order valence-corrected chi connectivity index (χ4v) is 2.96. The molecular weight excluding hydrogens is 368 g/mol. The van der Waals surface area contributed by atoms with Gasteiger partial charge in [0.05, 0.1) is 23.5 Å². The Morgan fingerprint density at radius 2 is 1.56 bits per heavy atom. The van der Waals surface area contributed by atoms with E-state index in [9.17, 15) is 18.0 Å². The largest absolute Gasteiger partial charge is 0.449 e. The lowest BCUT2D eigenvalue weighted by atomic mass is 10.1. The van der Waals surface area contributed by atoms with E-state index in [0.717, 1.165) is 11.8 Å². The Balaban J connectivity index is 2.04. The summed E-state index contributed by atoms with van der Waals surface area (Å²) in [5.41, 5.74) is 1.04. The number of ether oxygens (including phenoxy) is 1. The molecule has 0 fully saturated rings. The quantitative estimate of drug-likeness (QED) is 0.707. The van der Waals surface area contributed by atoms with Gasteiger partial charge in [-0.25, -0.2) is 13.2 Å². The Hall–Kier alpha value is -2.87. The van der Waals surface area contributed by atoms with Gasteiger partial charge < -0.3 is 10.1 Å². The van der Waals surface area contributed by atoms with Crippen molar-refractivity contribution in [2.24, 2.45) is 0 Å². The van der Waals surface area contributed by atoms with E-state index in [4.69, 9.17) is 4.74 Å². The molecule has 0 aliphatic heterocycles. The fraction of sp³-hybridized carbons (Fsp3) is 0.263. The van der Waals surface area contributed by atoms with Crippen LogP contribution in [0.3, 0.4) is 0 Å². The van der Waals surface area contributed by atoms with E-state index in [1.807, 2.05) is 37.3 Å². The molecule has 0 saturated carbocycles. The molecule has 2 N–H and O–H groups in total. The first-order valence-electron chi connectivity index (χ1n) is 8.30. The number of sulfonamides is 1. The van der Waals surface area contributed by atoms with Crippen LogP contribution in [0.15, 0.2) is 54.6 Å². The van der Waals surface area contributed by atoms with Crippen LogP contribution in [-0.4, -0.2) is 32.7 Å². The molecule has 0 bridgehead atoms. The minimum atomic E-state index is -3.56. The molecule has 0 aliphatic carbocycles. The number of anilines is 1. The van der Waals surface area contributed by atoms with E-state index in [2.05, 4.69) is 10.0 Å². The van der Waals surface area contributed by atoms with Crippen molar-refractivity contribution in [1.82, 2.24) is 5.32 Å². The van der Waals surface area contributed by atoms with Crippen LogP contribution in [0.5, 0.6) is 0 Å². The molecular formula is C19H22N2O5S. The molecule has 0 spiro atoms. The van der Waals surface area contributed by atoms with Crippen LogP contribution >= 0.6 is 0 Å². The van der Waals surface area contributed by atoms with Crippen molar-refractivity contribution in [2.75, 3.05) is 11.0 Å². The van der Waals surface area contributed by atoms with Crippen molar-refractivity contribution in [2.45, 2.75) is 26.0 Å². The summed E-state index contributed by atoms with van der Waals surface area (Å²) < 4.78 is 30.3. The van der Waals surface area contributed by atoms with Gasteiger partial charge >= 0.3 is 5.97 Å². The van der Waals surface area contributed by atoms with E-state index in [0.29, 0.717) is 0 Å². The first kappa shape index (κ1) is 20.4. The van der Waals surface area contributed by atoms with Gasteiger partial charge in [0.25, 0.3) is 5.91 Å². The summed E-state index contributed by atoms with van der Waals surface area (Å²) in [6, 6.07) is 15.2. The second-order valence-corrected chi connectivity index (χ2v) is 7.86. The van der Waals surface area contributed by atoms with Gasteiger partial charge in [0, 0.05) is 0 Å². The maximum Gasteiger partial charge on any atom is 0.341 e. The monoisotopic (exact) mass is 390 g/mol. The van der Waals surface area contributed by atoms with E-state index in [-0.39, 0.29) is 17.3 Å². The highest BCUT2D eigenvalue weighted by molar-refractivity contribution is 7.92. The molecule has 0 heterocycles. The van der Waals surface area contributed by atoms with Crippen LogP contribution in [0.2, 0.25) is 0 Å². The normalized spacial score (nSPS) is 13.3. The predicted molar refractivity (Wildman–Crippen MR) is 103 cm³/mol. The Labute approximate surface area is 158 Å². The third kappa shape index (κ3) is 6.10. The molecule has 27 heavy (non-hydrogen) atoms. The smallest absolute Gasteiger partial charge is 0.341 e. The van der Waals surface area contributed by atoms with Crippen molar-refractivity contribution < 1.29 is 22.7 Å². The zero-order chi connectivity index (χ0) is 20.0. The highest BCUT2D eigenvalue weighted by atomic mass is 32.2. The van der Waals surface area contributed by atoms with Gasteiger partial charge in [-0.1, -0.05) is 42.5 Å². The van der Waals surface area contributed by atoms with E-state index < -0.39 is 28.0 Å². The molecule has 0 saturated heterocycles. The van der Waals surface area contributed by atoms with Gasteiger partial charge in [0.1, 0.15) is 0 Å². The average Bonchev–Trinajstić information content (AvgIpc) is 2.61. The van der Waals surface area contributed by atoms with Crippen molar-refractivity contribution in [3.63, 3.8) is 0 Å². The summed E-state index contributed by atoms with van der Waals surface area (Å²) in [6.45, 7) is 3.28. The Bertz CT molecular complexity index is 913. The van der Waals surface area contributed by atoms with Crippen LogP contribution in [0, 0.1) is 0 Å². The summed E-state index contributed by atoms with van der Waals surface area (Å²) in [5.74, 6) is -1.25. The molecule has 2 rings (SSSR count). The van der Waals surface area contributed by atoms with Gasteiger partial charge in [-0.05, 0) is 31.5 Å². The number of carbonyl (C=O) groups is 2. The molecule has 2 atom stereocenters. The maximum atomic E-state index is 12.4. The third-order valence-corrected chi connectivity index (χ3v) is 4.34. The molecule has 2 aromatic carbocycles. The summed E-state index contributed by atoms with van der Waals surface area (Å²) >= 11 is 0. The lowest BCUT2D eigenvalue weighted by Crippen LogP contribution is -2.37. The standard InChI is InChI=1S/C19H22N2O5S/c1-13(15-9-5-4-6-10-15)20-18(22)14(2)26-19(23)16-11-7-8-12-17(16)21-27(3,24)25/h4-14,21H,1-3H3,(H,20,22)/t13-,14-/m1/s1. The van der Waals surface area contributed by atoms with Gasteiger partial charge in [0.2, 0.25) is 10.0 Å². The topological polar surface area (TPSA) is 102 Å². The minimum Gasteiger partial charge on any atom is -0.449 e. The Kier molecular flexibility index (Phi) is 6.57.